The molecule has 10 nitrogen and oxygen atoms in total. The van der Waals surface area contributed by atoms with Gasteiger partial charge in [-0.2, -0.15) is 10.2 Å². The molecule has 286 valence electrons. The maximum absolute atomic E-state index is 11.8. The maximum atomic E-state index is 11.8. The quantitative estimate of drug-likeness (QED) is 0.172. The highest BCUT2D eigenvalue weighted by Gasteiger charge is 2.26. The third-order valence-electron chi connectivity index (χ3n) is 11.1. The molecule has 1 fully saturated rings. The van der Waals surface area contributed by atoms with Crippen LogP contribution in [0.25, 0.3) is 39.1 Å². The van der Waals surface area contributed by atoms with E-state index in [2.05, 4.69) is 68.0 Å². The Balaban J connectivity index is 0.000000184. The fourth-order valence-electron chi connectivity index (χ4n) is 8.48. The van der Waals surface area contributed by atoms with Gasteiger partial charge in [-0.15, -0.1) is 0 Å². The van der Waals surface area contributed by atoms with Crippen molar-refractivity contribution in [3.05, 3.63) is 111 Å². The van der Waals surface area contributed by atoms with Crippen LogP contribution in [0.1, 0.15) is 137 Å². The highest BCUT2D eigenvalue weighted by atomic mass is 16.4. The Bertz CT molecular complexity index is 2420. The summed E-state index contributed by atoms with van der Waals surface area (Å²) in [5.41, 5.74) is 14.8. The van der Waals surface area contributed by atoms with Gasteiger partial charge in [-0.3, -0.25) is 0 Å². The molecule has 1 saturated carbocycles. The van der Waals surface area contributed by atoms with E-state index in [1.54, 1.807) is 12.1 Å². The molecule has 0 atom stereocenters. The molecule has 0 unspecified atom stereocenters. The lowest BCUT2D eigenvalue weighted by Crippen LogP contribution is -2.13. The molecule has 2 aliphatic rings. The largest absolute Gasteiger partial charge is 0.477 e. The van der Waals surface area contributed by atoms with Crippen molar-refractivity contribution in [2.45, 2.75) is 113 Å². The van der Waals surface area contributed by atoms with Crippen LogP contribution in [0, 0.1) is 41.5 Å². The van der Waals surface area contributed by atoms with Gasteiger partial charge in [0.2, 0.25) is 0 Å². The number of carbonyl (C=O) groups is 2. The molecule has 0 amide bonds. The number of benzene rings is 2. The second-order valence-corrected chi connectivity index (χ2v) is 14.9. The number of hydrogen-bond donors (Lipinski definition) is 2. The van der Waals surface area contributed by atoms with Crippen LogP contribution < -0.4 is 0 Å². The summed E-state index contributed by atoms with van der Waals surface area (Å²) in [7, 11) is 0. The van der Waals surface area contributed by atoms with Crippen molar-refractivity contribution in [2.75, 3.05) is 0 Å². The zero-order chi connectivity index (χ0) is 38.3. The maximum Gasteiger partial charge on any atom is 0.354 e. The molecule has 4 aromatic heterocycles. The molecule has 2 N–H and O–H groups in total. The molecule has 0 saturated heterocycles. The molecule has 0 spiro atoms. The zero-order valence-electron chi connectivity index (χ0n) is 32.0. The number of hydrogen-bond acceptors (Lipinski definition) is 6. The van der Waals surface area contributed by atoms with Crippen LogP contribution in [-0.4, -0.2) is 51.3 Å². The van der Waals surface area contributed by atoms with Crippen molar-refractivity contribution in [2.24, 2.45) is 0 Å². The van der Waals surface area contributed by atoms with Gasteiger partial charge in [-0.1, -0.05) is 69.2 Å². The van der Waals surface area contributed by atoms with E-state index in [0.717, 1.165) is 105 Å². The van der Waals surface area contributed by atoms with Crippen LogP contribution in [0.5, 0.6) is 0 Å². The fourth-order valence-corrected chi connectivity index (χ4v) is 8.48. The summed E-state index contributed by atoms with van der Waals surface area (Å²) in [4.78, 5) is 32.5. The Hall–Kier alpha value is -5.64. The molecule has 6 aromatic rings. The number of aromatic carboxylic acids is 2. The lowest BCUT2D eigenvalue weighted by atomic mass is 9.86. The molecule has 0 radical (unpaired) electrons. The first-order valence-electron chi connectivity index (χ1n) is 19.0. The van der Waals surface area contributed by atoms with E-state index < -0.39 is 11.9 Å². The van der Waals surface area contributed by atoms with Gasteiger partial charge in [0, 0.05) is 11.6 Å². The van der Waals surface area contributed by atoms with Gasteiger partial charge in [0.1, 0.15) is 0 Å². The standard InChI is InChI=1S/C22H25N3O2.C22H23N3O2.CH4/c2*1-13-8-7-9-14(2)19(13)20-15(3)24-25-18(16-10-5-4-6-11-16)12-17(22(26)27)23-21(20)25;/h7-9,12,16H,4-6,10-11H2,1-3H3,(H,26,27);7-10,12H,4-6,11H2,1-3H3,(H,26,27);1H4. The molecule has 0 aliphatic heterocycles. The lowest BCUT2D eigenvalue weighted by Gasteiger charge is -2.22. The Morgan fingerprint density at radius 1 is 0.636 bits per heavy atom. The highest BCUT2D eigenvalue weighted by molar-refractivity contribution is 5.91. The molecular weight excluding hydrogens is 689 g/mol. The Labute approximate surface area is 323 Å². The van der Waals surface area contributed by atoms with Crippen LogP contribution in [0.4, 0.5) is 0 Å². The number of allylic oxidation sites excluding steroid dienone is 2. The van der Waals surface area contributed by atoms with E-state index in [-0.39, 0.29) is 18.8 Å². The van der Waals surface area contributed by atoms with Crippen LogP contribution in [0.3, 0.4) is 0 Å². The van der Waals surface area contributed by atoms with Crippen LogP contribution >= 0.6 is 0 Å². The highest BCUT2D eigenvalue weighted by Crippen LogP contribution is 2.38. The first-order chi connectivity index (χ1) is 25.9. The minimum absolute atomic E-state index is 0. The number of rotatable bonds is 6. The monoisotopic (exact) mass is 740 g/mol. The Kier molecular flexibility index (Phi) is 11.4. The predicted octanol–water partition coefficient (Wildman–Crippen LogP) is 10.7. The summed E-state index contributed by atoms with van der Waals surface area (Å²) >= 11 is 0. The normalized spacial score (nSPS) is 14.6. The summed E-state index contributed by atoms with van der Waals surface area (Å²) in [6.07, 6.45) is 12.2. The van der Waals surface area contributed by atoms with Gasteiger partial charge in [-0.25, -0.2) is 28.6 Å². The summed E-state index contributed by atoms with van der Waals surface area (Å²) < 4.78 is 3.74. The lowest BCUT2D eigenvalue weighted by molar-refractivity contribution is 0.0680. The third kappa shape index (κ3) is 7.42. The van der Waals surface area contributed by atoms with E-state index >= 15 is 0 Å². The van der Waals surface area contributed by atoms with Crippen molar-refractivity contribution < 1.29 is 19.8 Å². The molecule has 2 aromatic carbocycles. The van der Waals surface area contributed by atoms with Crippen molar-refractivity contribution in [3.8, 4) is 22.3 Å². The topological polar surface area (TPSA) is 135 Å². The van der Waals surface area contributed by atoms with Crippen molar-refractivity contribution in [3.63, 3.8) is 0 Å². The number of aromatic nitrogens is 6. The van der Waals surface area contributed by atoms with Gasteiger partial charge in [0.15, 0.2) is 22.7 Å². The van der Waals surface area contributed by atoms with E-state index in [1.165, 1.54) is 25.7 Å². The number of nitrogens with zero attached hydrogens (tertiary/aromatic N) is 6. The SMILES string of the molecule is C.Cc1cccc(C)c1-c1c(C)nn2c(C3=CCCCC3)cc(C(=O)O)nc12.Cc1cccc(C)c1-c1c(C)nn2c(C3CCCCC3)cc(C(=O)O)nc12. The predicted molar refractivity (Wildman–Crippen MR) is 218 cm³/mol. The second-order valence-electron chi connectivity index (χ2n) is 14.9. The van der Waals surface area contributed by atoms with Crippen molar-refractivity contribution >= 4 is 28.8 Å². The van der Waals surface area contributed by atoms with Crippen LogP contribution in [-0.2, 0) is 0 Å². The summed E-state index contributed by atoms with van der Waals surface area (Å²) in [5, 5.41) is 28.9. The Morgan fingerprint density at radius 2 is 1.13 bits per heavy atom. The van der Waals surface area contributed by atoms with E-state index in [0.29, 0.717) is 17.2 Å². The minimum Gasteiger partial charge on any atom is -0.477 e. The Morgan fingerprint density at radius 3 is 1.62 bits per heavy atom. The van der Waals surface area contributed by atoms with Crippen molar-refractivity contribution in [1.29, 1.82) is 0 Å². The molecule has 10 heteroatoms. The molecular formula is C45H52N6O4. The van der Waals surface area contributed by atoms with Crippen LogP contribution in [0.2, 0.25) is 0 Å². The zero-order valence-corrected chi connectivity index (χ0v) is 32.0. The second kappa shape index (κ2) is 16.0. The van der Waals surface area contributed by atoms with Gasteiger partial charge < -0.3 is 10.2 Å². The number of fused-ring (bicyclic) bond motifs is 2. The first-order valence-corrected chi connectivity index (χ1v) is 19.0. The average Bonchev–Trinajstić information content (AvgIpc) is 3.66. The van der Waals surface area contributed by atoms with Gasteiger partial charge in [-0.05, 0) is 131 Å². The number of aryl methyl sites for hydroxylation is 6. The number of carboxylic acid groups (broad SMARTS) is 2. The summed E-state index contributed by atoms with van der Waals surface area (Å²) in [6.45, 7) is 12.2. The van der Waals surface area contributed by atoms with Gasteiger partial charge in [0.25, 0.3) is 0 Å². The van der Waals surface area contributed by atoms with Gasteiger partial charge in [0.05, 0.1) is 28.2 Å². The first kappa shape index (κ1) is 39.1. The molecule has 2 aliphatic carbocycles. The third-order valence-corrected chi connectivity index (χ3v) is 11.1. The summed E-state index contributed by atoms with van der Waals surface area (Å²) in [6, 6.07) is 15.7. The van der Waals surface area contributed by atoms with Gasteiger partial charge >= 0.3 is 11.9 Å². The van der Waals surface area contributed by atoms with Crippen molar-refractivity contribution in [1.82, 2.24) is 29.2 Å². The fraction of sp³-hybridized carbons (Fsp3) is 0.378. The smallest absolute Gasteiger partial charge is 0.354 e. The average molecular weight is 741 g/mol. The van der Waals surface area contributed by atoms with E-state index in [1.807, 2.05) is 35.0 Å². The van der Waals surface area contributed by atoms with E-state index in [9.17, 15) is 19.8 Å². The molecule has 0 bridgehead atoms. The van der Waals surface area contributed by atoms with Crippen LogP contribution in [0.15, 0.2) is 54.6 Å². The minimum atomic E-state index is -1.01. The molecule has 8 rings (SSSR count). The summed E-state index contributed by atoms with van der Waals surface area (Å²) in [5.74, 6) is -1.66. The molecule has 55 heavy (non-hydrogen) atoms. The molecule has 4 heterocycles. The van der Waals surface area contributed by atoms with E-state index in [4.69, 9.17) is 10.2 Å². The number of carboxylic acids is 2.